The Kier molecular flexibility index (Phi) is 4.61. The van der Waals surface area contributed by atoms with Gasteiger partial charge in [0.15, 0.2) is 0 Å². The van der Waals surface area contributed by atoms with E-state index < -0.39 is 0 Å². The lowest BCUT2D eigenvalue weighted by Crippen LogP contribution is -2.29. The van der Waals surface area contributed by atoms with Crippen LogP contribution in [0.2, 0.25) is 0 Å². The molecular weight excluding hydrogens is 226 g/mol. The van der Waals surface area contributed by atoms with E-state index in [-0.39, 0.29) is 6.61 Å². The van der Waals surface area contributed by atoms with Gasteiger partial charge in [0.2, 0.25) is 0 Å². The van der Waals surface area contributed by atoms with E-state index in [1.165, 1.54) is 17.5 Å². The van der Waals surface area contributed by atoms with Crippen LogP contribution in [0.25, 0.3) is 0 Å². The third-order valence-electron chi connectivity index (χ3n) is 3.78. The number of benzene rings is 1. The number of hydrogen-bond acceptors (Lipinski definition) is 3. The first-order valence-corrected chi connectivity index (χ1v) is 6.86. The maximum atomic E-state index is 9.61. The largest absolute Gasteiger partial charge is 0.508 e. The number of aryl methyl sites for hydroxylation is 1. The second-order valence-corrected chi connectivity index (χ2v) is 5.35. The maximum Gasteiger partial charge on any atom is 0.115 e. The molecule has 0 saturated carbocycles. The van der Waals surface area contributed by atoms with Gasteiger partial charge < -0.3 is 15.5 Å². The Morgan fingerprint density at radius 3 is 3.06 bits per heavy atom. The van der Waals surface area contributed by atoms with Gasteiger partial charge in [-0.2, -0.15) is 0 Å². The Bertz CT molecular complexity index is 392. The van der Waals surface area contributed by atoms with Gasteiger partial charge in [-0.1, -0.05) is 13.0 Å². The Morgan fingerprint density at radius 2 is 2.28 bits per heavy atom. The van der Waals surface area contributed by atoms with E-state index >= 15 is 0 Å². The van der Waals surface area contributed by atoms with Crippen LogP contribution in [0.15, 0.2) is 18.2 Å². The van der Waals surface area contributed by atoms with Crippen LogP contribution in [-0.4, -0.2) is 23.4 Å². The van der Waals surface area contributed by atoms with Gasteiger partial charge in [-0.05, 0) is 61.4 Å². The molecule has 18 heavy (non-hydrogen) atoms. The van der Waals surface area contributed by atoms with Gasteiger partial charge in [-0.25, -0.2) is 0 Å². The predicted octanol–water partition coefficient (Wildman–Crippen LogP) is 2.38. The first-order valence-electron chi connectivity index (χ1n) is 6.86. The number of fused-ring (bicyclic) bond motifs is 1. The van der Waals surface area contributed by atoms with Crippen LogP contribution in [0.3, 0.4) is 0 Å². The zero-order valence-corrected chi connectivity index (χ0v) is 11.0. The highest BCUT2D eigenvalue weighted by molar-refractivity contribution is 5.38. The van der Waals surface area contributed by atoms with Crippen molar-refractivity contribution in [2.45, 2.75) is 38.6 Å². The van der Waals surface area contributed by atoms with Crippen molar-refractivity contribution in [3.05, 3.63) is 29.3 Å². The lowest BCUT2D eigenvalue weighted by Gasteiger charge is -2.27. The fourth-order valence-corrected chi connectivity index (χ4v) is 2.66. The molecule has 0 aliphatic heterocycles. The van der Waals surface area contributed by atoms with Gasteiger partial charge in [0.1, 0.15) is 5.75 Å². The molecule has 1 aliphatic rings. The number of phenolic OH excluding ortho intramolecular Hbond substituents is 1. The highest BCUT2D eigenvalue weighted by atomic mass is 16.3. The predicted molar refractivity (Wildman–Crippen MR) is 72.7 cm³/mol. The molecule has 100 valence electrons. The van der Waals surface area contributed by atoms with Gasteiger partial charge in [0, 0.05) is 12.6 Å². The summed E-state index contributed by atoms with van der Waals surface area (Å²) in [4.78, 5) is 0. The molecule has 0 saturated heterocycles. The van der Waals surface area contributed by atoms with Crippen molar-refractivity contribution in [1.29, 1.82) is 0 Å². The molecule has 0 radical (unpaired) electrons. The smallest absolute Gasteiger partial charge is 0.115 e. The minimum Gasteiger partial charge on any atom is -0.508 e. The number of rotatable bonds is 5. The monoisotopic (exact) mass is 249 g/mol. The molecule has 0 heterocycles. The maximum absolute atomic E-state index is 9.61. The van der Waals surface area contributed by atoms with E-state index in [2.05, 4.69) is 12.2 Å². The topological polar surface area (TPSA) is 52.5 Å². The highest BCUT2D eigenvalue weighted by Gasteiger charge is 2.20. The van der Waals surface area contributed by atoms with Crippen molar-refractivity contribution in [3.63, 3.8) is 0 Å². The van der Waals surface area contributed by atoms with E-state index in [4.69, 9.17) is 5.11 Å². The van der Waals surface area contributed by atoms with Crippen molar-refractivity contribution in [1.82, 2.24) is 5.32 Å². The number of aromatic hydroxyl groups is 1. The summed E-state index contributed by atoms with van der Waals surface area (Å²) < 4.78 is 0. The van der Waals surface area contributed by atoms with E-state index in [1.807, 2.05) is 12.1 Å². The summed E-state index contributed by atoms with van der Waals surface area (Å²) in [6, 6.07) is 6.05. The second kappa shape index (κ2) is 6.21. The molecule has 0 aromatic heterocycles. The van der Waals surface area contributed by atoms with Gasteiger partial charge in [-0.15, -0.1) is 0 Å². The highest BCUT2D eigenvalue weighted by Crippen LogP contribution is 2.32. The number of aliphatic hydroxyl groups excluding tert-OH is 1. The molecule has 1 aromatic carbocycles. The first-order chi connectivity index (χ1) is 8.70. The first kappa shape index (κ1) is 13.4. The van der Waals surface area contributed by atoms with Crippen LogP contribution in [0, 0.1) is 5.92 Å². The molecule has 1 aliphatic carbocycles. The van der Waals surface area contributed by atoms with Crippen molar-refractivity contribution in [2.75, 3.05) is 13.2 Å². The fourth-order valence-electron chi connectivity index (χ4n) is 2.66. The minimum atomic E-state index is 0.255. The minimum absolute atomic E-state index is 0.255. The summed E-state index contributed by atoms with van der Waals surface area (Å²) in [5.74, 6) is 0.837. The summed E-state index contributed by atoms with van der Waals surface area (Å²) in [7, 11) is 0. The molecule has 0 amide bonds. The quantitative estimate of drug-likeness (QED) is 0.751. The molecular formula is C15H23NO2. The molecule has 3 heteroatoms. The third kappa shape index (κ3) is 3.24. The summed E-state index contributed by atoms with van der Waals surface area (Å²) in [5.41, 5.74) is 2.60. The molecule has 1 aromatic rings. The van der Waals surface area contributed by atoms with Crippen LogP contribution < -0.4 is 5.32 Å². The van der Waals surface area contributed by atoms with Crippen molar-refractivity contribution in [2.24, 2.45) is 5.92 Å². The Morgan fingerprint density at radius 1 is 1.44 bits per heavy atom. The standard InChI is InChI=1S/C15H23NO2/c1-11(7-8-17)10-16-15-4-2-3-12-5-6-13(18)9-14(12)15/h5-6,9,11,15-18H,2-4,7-8,10H2,1H3. The zero-order chi connectivity index (χ0) is 13.0. The Labute approximate surface area is 109 Å². The second-order valence-electron chi connectivity index (χ2n) is 5.35. The van der Waals surface area contributed by atoms with Gasteiger partial charge >= 0.3 is 0 Å². The summed E-state index contributed by atoms with van der Waals surface area (Å²) >= 11 is 0. The molecule has 0 spiro atoms. The molecule has 3 nitrogen and oxygen atoms in total. The number of aliphatic hydroxyl groups is 1. The lowest BCUT2D eigenvalue weighted by atomic mass is 9.87. The molecule has 2 atom stereocenters. The number of nitrogens with one attached hydrogen (secondary N) is 1. The van der Waals surface area contributed by atoms with Gasteiger partial charge in [-0.3, -0.25) is 0 Å². The van der Waals surface area contributed by atoms with Crippen LogP contribution in [0.1, 0.15) is 43.4 Å². The average molecular weight is 249 g/mol. The Hall–Kier alpha value is -1.06. The lowest BCUT2D eigenvalue weighted by molar-refractivity contribution is 0.256. The zero-order valence-electron chi connectivity index (χ0n) is 11.0. The summed E-state index contributed by atoms with van der Waals surface area (Å²) in [5, 5.41) is 22.1. The van der Waals surface area contributed by atoms with Crippen LogP contribution in [0.4, 0.5) is 0 Å². The van der Waals surface area contributed by atoms with Crippen LogP contribution in [-0.2, 0) is 6.42 Å². The molecule has 2 rings (SSSR count). The molecule has 3 N–H and O–H groups in total. The molecule has 2 unspecified atom stereocenters. The SMILES string of the molecule is CC(CCO)CNC1CCCc2ccc(O)cc21. The van der Waals surface area contributed by atoms with E-state index in [1.54, 1.807) is 6.07 Å². The van der Waals surface area contributed by atoms with Crippen LogP contribution in [0.5, 0.6) is 5.75 Å². The van der Waals surface area contributed by atoms with Gasteiger partial charge in [0.05, 0.1) is 0 Å². The van der Waals surface area contributed by atoms with Crippen LogP contribution >= 0.6 is 0 Å². The summed E-state index contributed by atoms with van der Waals surface area (Å²) in [6.07, 6.45) is 4.28. The van der Waals surface area contributed by atoms with Gasteiger partial charge in [0.25, 0.3) is 0 Å². The normalized spacial score (nSPS) is 20.4. The molecule has 0 fully saturated rings. The van der Waals surface area contributed by atoms with Crippen molar-refractivity contribution >= 4 is 0 Å². The van der Waals surface area contributed by atoms with Crippen molar-refractivity contribution in [3.8, 4) is 5.75 Å². The number of phenols is 1. The summed E-state index contributed by atoms with van der Waals surface area (Å²) in [6.45, 7) is 3.32. The van der Waals surface area contributed by atoms with E-state index in [0.717, 1.165) is 25.8 Å². The van der Waals surface area contributed by atoms with Crippen molar-refractivity contribution < 1.29 is 10.2 Å². The van der Waals surface area contributed by atoms with E-state index in [9.17, 15) is 5.11 Å². The third-order valence-corrected chi connectivity index (χ3v) is 3.78. The Balaban J connectivity index is 2.01. The number of hydrogen-bond donors (Lipinski definition) is 3. The van der Waals surface area contributed by atoms with E-state index in [0.29, 0.717) is 17.7 Å². The average Bonchev–Trinajstić information content (AvgIpc) is 2.36. The molecule has 0 bridgehead atoms. The fraction of sp³-hybridized carbons (Fsp3) is 0.600.